The molecule has 1 amide bonds. The number of aryl methyl sites for hydroxylation is 2. The molecule has 0 saturated heterocycles. The molecule has 3 rings (SSSR count). The van der Waals surface area contributed by atoms with E-state index in [1.54, 1.807) is 14.0 Å². The molecule has 0 radical (unpaired) electrons. The molecule has 0 fully saturated rings. The van der Waals surface area contributed by atoms with Gasteiger partial charge in [-0.3, -0.25) is 4.79 Å². The number of amides is 1. The number of benzene rings is 1. The van der Waals surface area contributed by atoms with Gasteiger partial charge in [0.05, 0.1) is 24.3 Å². The lowest BCUT2D eigenvalue weighted by molar-refractivity contribution is -0.129. The molecule has 7 heteroatoms. The number of carbonyl (C=O) groups is 2. The molecule has 28 heavy (non-hydrogen) atoms. The second-order valence-electron chi connectivity index (χ2n) is 6.81. The summed E-state index contributed by atoms with van der Waals surface area (Å²) in [6, 6.07) is 11.2. The summed E-state index contributed by atoms with van der Waals surface area (Å²) >= 11 is 0. The fourth-order valence-corrected chi connectivity index (χ4v) is 3.19. The molecular weight excluding hydrogens is 358 g/mol. The molecule has 0 spiro atoms. The quantitative estimate of drug-likeness (QED) is 0.708. The minimum absolute atomic E-state index is 0.0928. The number of aromatic nitrogens is 2. The summed E-state index contributed by atoms with van der Waals surface area (Å²) < 4.78 is 7.31. The normalized spacial score (nSPS) is 10.9. The molecule has 7 nitrogen and oxygen atoms in total. The SMILES string of the molecule is Cc1nn(-c2ccccc2)c(C)c1CC(=O)N(C)Cc1cc(C(=O)O)c(C)o1. The van der Waals surface area contributed by atoms with Crippen LogP contribution in [0.2, 0.25) is 0 Å². The average Bonchev–Trinajstić information content (AvgIpc) is 3.16. The first-order valence-corrected chi connectivity index (χ1v) is 8.95. The second-order valence-corrected chi connectivity index (χ2v) is 6.81. The molecule has 0 aliphatic rings. The van der Waals surface area contributed by atoms with Crippen molar-refractivity contribution in [3.05, 3.63) is 70.4 Å². The second kappa shape index (κ2) is 7.72. The van der Waals surface area contributed by atoms with Crippen molar-refractivity contribution in [1.29, 1.82) is 0 Å². The number of carboxylic acids is 1. The number of para-hydroxylation sites is 1. The van der Waals surface area contributed by atoms with Crippen molar-refractivity contribution in [1.82, 2.24) is 14.7 Å². The van der Waals surface area contributed by atoms with Gasteiger partial charge in [-0.1, -0.05) is 18.2 Å². The van der Waals surface area contributed by atoms with Crippen molar-refractivity contribution in [3.8, 4) is 5.69 Å². The molecule has 146 valence electrons. The Morgan fingerprint density at radius 2 is 1.86 bits per heavy atom. The van der Waals surface area contributed by atoms with Crippen LogP contribution in [0.5, 0.6) is 0 Å². The van der Waals surface area contributed by atoms with E-state index in [2.05, 4.69) is 5.10 Å². The van der Waals surface area contributed by atoms with E-state index in [1.165, 1.54) is 11.0 Å². The highest BCUT2D eigenvalue weighted by Crippen LogP contribution is 2.20. The smallest absolute Gasteiger partial charge is 0.339 e. The Balaban J connectivity index is 1.75. The Labute approximate surface area is 163 Å². The van der Waals surface area contributed by atoms with E-state index >= 15 is 0 Å². The van der Waals surface area contributed by atoms with Crippen LogP contribution in [0.15, 0.2) is 40.8 Å². The predicted molar refractivity (Wildman–Crippen MR) is 104 cm³/mol. The molecule has 1 N–H and O–H groups in total. The van der Waals surface area contributed by atoms with E-state index in [9.17, 15) is 9.59 Å². The Morgan fingerprint density at radius 3 is 2.46 bits per heavy atom. The van der Waals surface area contributed by atoms with E-state index in [0.29, 0.717) is 11.5 Å². The summed E-state index contributed by atoms with van der Waals surface area (Å²) in [7, 11) is 1.67. The van der Waals surface area contributed by atoms with Crippen molar-refractivity contribution in [2.75, 3.05) is 7.05 Å². The van der Waals surface area contributed by atoms with Crippen LogP contribution >= 0.6 is 0 Å². The Hall–Kier alpha value is -3.35. The van der Waals surface area contributed by atoms with Gasteiger partial charge in [0.2, 0.25) is 5.91 Å². The van der Waals surface area contributed by atoms with E-state index in [4.69, 9.17) is 9.52 Å². The number of nitrogens with zero attached hydrogens (tertiary/aromatic N) is 3. The van der Waals surface area contributed by atoms with Gasteiger partial charge < -0.3 is 14.4 Å². The topological polar surface area (TPSA) is 88.6 Å². The number of aromatic carboxylic acids is 1. The monoisotopic (exact) mass is 381 g/mol. The zero-order valence-electron chi connectivity index (χ0n) is 16.4. The first-order valence-electron chi connectivity index (χ1n) is 8.95. The molecule has 0 bridgehead atoms. The molecule has 0 aliphatic carbocycles. The van der Waals surface area contributed by atoms with E-state index < -0.39 is 5.97 Å². The fraction of sp³-hybridized carbons (Fsp3) is 0.286. The Morgan fingerprint density at radius 1 is 1.18 bits per heavy atom. The maximum Gasteiger partial charge on any atom is 0.339 e. The predicted octanol–water partition coefficient (Wildman–Crippen LogP) is 3.29. The van der Waals surface area contributed by atoms with Crippen molar-refractivity contribution >= 4 is 11.9 Å². The third-order valence-corrected chi connectivity index (χ3v) is 4.79. The van der Waals surface area contributed by atoms with Crippen LogP contribution in [0.25, 0.3) is 5.69 Å². The highest BCUT2D eigenvalue weighted by atomic mass is 16.4. The van der Waals surface area contributed by atoms with Crippen LogP contribution in [0.4, 0.5) is 0 Å². The zero-order chi connectivity index (χ0) is 20.4. The van der Waals surface area contributed by atoms with Gasteiger partial charge in [-0.2, -0.15) is 5.10 Å². The number of hydrogen-bond donors (Lipinski definition) is 1. The summed E-state index contributed by atoms with van der Waals surface area (Å²) in [5.41, 5.74) is 3.69. The first-order chi connectivity index (χ1) is 13.3. The number of likely N-dealkylation sites (N-methyl/N-ethyl adjacent to an activating group) is 1. The Kier molecular flexibility index (Phi) is 5.35. The molecular formula is C21H23N3O4. The van der Waals surface area contributed by atoms with E-state index in [0.717, 1.165) is 22.6 Å². The van der Waals surface area contributed by atoms with Gasteiger partial charge >= 0.3 is 5.97 Å². The lowest BCUT2D eigenvalue weighted by atomic mass is 10.1. The van der Waals surface area contributed by atoms with Crippen molar-refractivity contribution in [3.63, 3.8) is 0 Å². The number of carboxylic acid groups (broad SMARTS) is 1. The summed E-state index contributed by atoms with van der Waals surface area (Å²) in [4.78, 5) is 25.4. The molecule has 0 atom stereocenters. The summed E-state index contributed by atoms with van der Waals surface area (Å²) in [6.45, 7) is 5.64. The first kappa shape index (κ1) is 19.4. The zero-order valence-corrected chi connectivity index (χ0v) is 16.4. The third kappa shape index (κ3) is 3.83. The van der Waals surface area contributed by atoms with Crippen LogP contribution in [0, 0.1) is 20.8 Å². The number of hydrogen-bond acceptors (Lipinski definition) is 4. The summed E-state index contributed by atoms with van der Waals surface area (Å²) in [5, 5.41) is 13.7. The molecule has 0 aliphatic heterocycles. The number of rotatable bonds is 6. The van der Waals surface area contributed by atoms with E-state index in [1.807, 2.05) is 48.9 Å². The van der Waals surface area contributed by atoms with Gasteiger partial charge in [0, 0.05) is 18.3 Å². The Bertz CT molecular complexity index is 1020. The molecule has 2 heterocycles. The van der Waals surface area contributed by atoms with Gasteiger partial charge in [-0.15, -0.1) is 0 Å². The van der Waals surface area contributed by atoms with Gasteiger partial charge in [0.1, 0.15) is 17.1 Å². The van der Waals surface area contributed by atoms with E-state index in [-0.39, 0.29) is 24.4 Å². The maximum absolute atomic E-state index is 12.7. The average molecular weight is 381 g/mol. The fourth-order valence-electron chi connectivity index (χ4n) is 3.19. The molecule has 0 saturated carbocycles. The van der Waals surface area contributed by atoms with Crippen molar-refractivity contribution in [2.45, 2.75) is 33.7 Å². The van der Waals surface area contributed by atoms with Crippen molar-refractivity contribution < 1.29 is 19.1 Å². The van der Waals surface area contributed by atoms with Gasteiger partial charge in [-0.05, 0) is 39.0 Å². The standard InChI is InChI=1S/C21H23N3O4/c1-13-18(14(2)24(22-13)16-8-6-5-7-9-16)11-20(25)23(4)12-17-10-19(21(26)27)15(3)28-17/h5-10H,11-12H2,1-4H3,(H,26,27). The minimum atomic E-state index is -1.04. The van der Waals surface area contributed by atoms with Crippen LogP contribution in [0.3, 0.4) is 0 Å². The van der Waals surface area contributed by atoms with Gasteiger partial charge in [0.15, 0.2) is 0 Å². The maximum atomic E-state index is 12.7. The van der Waals surface area contributed by atoms with Gasteiger partial charge in [0.25, 0.3) is 0 Å². The summed E-state index contributed by atoms with van der Waals surface area (Å²) in [5.74, 6) is -0.357. The van der Waals surface area contributed by atoms with Crippen LogP contribution in [0.1, 0.15) is 38.8 Å². The summed E-state index contributed by atoms with van der Waals surface area (Å²) in [6.07, 6.45) is 0.215. The van der Waals surface area contributed by atoms with Crippen molar-refractivity contribution in [2.24, 2.45) is 0 Å². The number of carbonyl (C=O) groups excluding carboxylic acids is 1. The highest BCUT2D eigenvalue weighted by molar-refractivity contribution is 5.88. The lowest BCUT2D eigenvalue weighted by Crippen LogP contribution is -2.27. The van der Waals surface area contributed by atoms with Crippen LogP contribution < -0.4 is 0 Å². The highest BCUT2D eigenvalue weighted by Gasteiger charge is 2.20. The largest absolute Gasteiger partial charge is 0.478 e. The van der Waals surface area contributed by atoms with Crippen LogP contribution in [-0.4, -0.2) is 38.7 Å². The molecule has 2 aromatic heterocycles. The van der Waals surface area contributed by atoms with Gasteiger partial charge in [-0.25, -0.2) is 9.48 Å². The number of furan rings is 1. The molecule has 3 aromatic rings. The van der Waals surface area contributed by atoms with Crippen LogP contribution in [-0.2, 0) is 17.8 Å². The molecule has 0 unspecified atom stereocenters. The lowest BCUT2D eigenvalue weighted by Gasteiger charge is -2.16. The third-order valence-electron chi connectivity index (χ3n) is 4.79. The molecule has 1 aromatic carbocycles. The minimum Gasteiger partial charge on any atom is -0.478 e.